The number of aromatic hydroxyl groups is 1. The lowest BCUT2D eigenvalue weighted by Gasteiger charge is -2.55. The molecular weight excluding hydrogens is 222 g/mol. The molecular formula is C16H21NO. The second-order valence-electron chi connectivity index (χ2n) is 6.55. The van der Waals surface area contributed by atoms with Crippen molar-refractivity contribution in [1.82, 2.24) is 4.98 Å². The maximum absolute atomic E-state index is 9.81. The van der Waals surface area contributed by atoms with E-state index >= 15 is 0 Å². The molecule has 3 aliphatic carbocycles. The second-order valence-corrected chi connectivity index (χ2v) is 6.55. The minimum atomic E-state index is 0.358. The van der Waals surface area contributed by atoms with E-state index in [4.69, 9.17) is 0 Å². The first kappa shape index (κ1) is 10.8. The molecule has 1 heterocycles. The van der Waals surface area contributed by atoms with Gasteiger partial charge in [-0.15, -0.1) is 0 Å². The molecule has 0 saturated heterocycles. The Balaban J connectivity index is 1.91. The van der Waals surface area contributed by atoms with Gasteiger partial charge >= 0.3 is 0 Å². The maximum Gasteiger partial charge on any atom is 0.134 e. The molecule has 4 rings (SSSR count). The lowest BCUT2D eigenvalue weighted by atomic mass is 9.49. The summed E-state index contributed by atoms with van der Waals surface area (Å²) in [6, 6.07) is 2.03. The van der Waals surface area contributed by atoms with Crippen LogP contribution in [-0.2, 0) is 11.8 Å². The van der Waals surface area contributed by atoms with Crippen molar-refractivity contribution in [1.29, 1.82) is 0 Å². The fourth-order valence-corrected chi connectivity index (χ4v) is 5.18. The van der Waals surface area contributed by atoms with Gasteiger partial charge in [-0.1, -0.05) is 19.3 Å². The molecule has 3 atom stereocenters. The van der Waals surface area contributed by atoms with E-state index < -0.39 is 0 Å². The first-order chi connectivity index (χ1) is 8.79. The van der Waals surface area contributed by atoms with Crippen LogP contribution in [0.5, 0.6) is 5.75 Å². The minimum Gasteiger partial charge on any atom is -0.506 e. The van der Waals surface area contributed by atoms with Gasteiger partial charge in [0.2, 0.25) is 0 Å². The summed E-state index contributed by atoms with van der Waals surface area (Å²) >= 11 is 0. The zero-order valence-corrected chi connectivity index (χ0v) is 10.9. The van der Waals surface area contributed by atoms with Crippen molar-refractivity contribution in [3.05, 3.63) is 23.5 Å². The average Bonchev–Trinajstić information content (AvgIpc) is 2.40. The zero-order chi connectivity index (χ0) is 12.2. The highest BCUT2D eigenvalue weighted by atomic mass is 16.3. The fraction of sp³-hybridized carbons (Fsp3) is 0.688. The molecule has 0 aliphatic heterocycles. The van der Waals surface area contributed by atoms with Crippen molar-refractivity contribution < 1.29 is 5.11 Å². The monoisotopic (exact) mass is 243 g/mol. The highest BCUT2D eigenvalue weighted by molar-refractivity contribution is 5.40. The van der Waals surface area contributed by atoms with Crippen molar-refractivity contribution in [3.8, 4) is 5.75 Å². The van der Waals surface area contributed by atoms with Crippen LogP contribution in [0.2, 0.25) is 0 Å². The van der Waals surface area contributed by atoms with E-state index in [0.717, 1.165) is 18.3 Å². The van der Waals surface area contributed by atoms with Gasteiger partial charge in [-0.05, 0) is 55.6 Å². The van der Waals surface area contributed by atoms with Gasteiger partial charge in [-0.2, -0.15) is 0 Å². The quantitative estimate of drug-likeness (QED) is 0.755. The molecule has 2 nitrogen and oxygen atoms in total. The summed E-state index contributed by atoms with van der Waals surface area (Å²) < 4.78 is 0. The van der Waals surface area contributed by atoms with Gasteiger partial charge in [0.15, 0.2) is 0 Å². The summed E-state index contributed by atoms with van der Waals surface area (Å²) in [7, 11) is 0. The minimum absolute atomic E-state index is 0.358. The molecule has 2 saturated carbocycles. The van der Waals surface area contributed by atoms with Gasteiger partial charge in [0.05, 0.1) is 6.20 Å². The molecule has 1 aromatic heterocycles. The highest BCUT2D eigenvalue weighted by Gasteiger charge is 2.51. The van der Waals surface area contributed by atoms with E-state index in [1.807, 2.05) is 6.07 Å². The molecule has 2 fully saturated rings. The van der Waals surface area contributed by atoms with Crippen LogP contribution in [-0.4, -0.2) is 10.1 Å². The summed E-state index contributed by atoms with van der Waals surface area (Å²) in [5.41, 5.74) is 3.07. The molecule has 1 N–H and O–H groups in total. The molecule has 0 unspecified atom stereocenters. The third-order valence-electron chi connectivity index (χ3n) is 5.81. The number of hydrogen-bond donors (Lipinski definition) is 1. The van der Waals surface area contributed by atoms with Crippen molar-refractivity contribution in [3.63, 3.8) is 0 Å². The lowest BCUT2D eigenvalue weighted by molar-refractivity contribution is 0.0506. The van der Waals surface area contributed by atoms with Crippen LogP contribution in [0.4, 0.5) is 0 Å². The van der Waals surface area contributed by atoms with Crippen LogP contribution < -0.4 is 0 Å². The van der Waals surface area contributed by atoms with Gasteiger partial charge in [-0.3, -0.25) is 4.98 Å². The molecule has 0 amide bonds. The summed E-state index contributed by atoms with van der Waals surface area (Å²) in [5, 5.41) is 9.81. The van der Waals surface area contributed by atoms with Crippen LogP contribution in [0.15, 0.2) is 12.3 Å². The molecule has 1 aromatic rings. The van der Waals surface area contributed by atoms with E-state index in [9.17, 15) is 5.11 Å². The van der Waals surface area contributed by atoms with Gasteiger partial charge < -0.3 is 5.11 Å². The summed E-state index contributed by atoms with van der Waals surface area (Å²) in [4.78, 5) is 4.54. The Morgan fingerprint density at radius 2 is 2.06 bits per heavy atom. The van der Waals surface area contributed by atoms with Gasteiger partial charge in [0, 0.05) is 11.1 Å². The average molecular weight is 243 g/mol. The molecule has 0 radical (unpaired) electrons. The van der Waals surface area contributed by atoms with E-state index in [1.165, 1.54) is 56.2 Å². The van der Waals surface area contributed by atoms with Gasteiger partial charge in [-0.25, -0.2) is 0 Å². The Morgan fingerprint density at radius 3 is 3.00 bits per heavy atom. The summed E-state index contributed by atoms with van der Waals surface area (Å²) in [6.45, 7) is 0. The molecule has 96 valence electrons. The number of pyridine rings is 1. The predicted octanol–water partition coefficient (Wildman–Crippen LogP) is 3.57. The van der Waals surface area contributed by atoms with E-state index in [-0.39, 0.29) is 0 Å². The van der Waals surface area contributed by atoms with Crippen LogP contribution in [0.3, 0.4) is 0 Å². The molecule has 18 heavy (non-hydrogen) atoms. The van der Waals surface area contributed by atoms with E-state index in [0.29, 0.717) is 11.2 Å². The molecule has 0 spiro atoms. The largest absolute Gasteiger partial charge is 0.506 e. The maximum atomic E-state index is 9.81. The van der Waals surface area contributed by atoms with Crippen LogP contribution in [0.1, 0.15) is 56.2 Å². The second kappa shape index (κ2) is 3.72. The number of fused-ring (bicyclic) bond motifs is 1. The first-order valence-corrected chi connectivity index (χ1v) is 7.48. The lowest BCUT2D eigenvalue weighted by Crippen LogP contribution is -2.49. The van der Waals surface area contributed by atoms with E-state index in [1.54, 1.807) is 6.20 Å². The predicted molar refractivity (Wildman–Crippen MR) is 70.6 cm³/mol. The van der Waals surface area contributed by atoms with E-state index in [2.05, 4.69) is 4.98 Å². The van der Waals surface area contributed by atoms with Crippen molar-refractivity contribution in [2.24, 2.45) is 11.8 Å². The fourth-order valence-electron chi connectivity index (χ4n) is 5.18. The van der Waals surface area contributed by atoms with Gasteiger partial charge in [0.1, 0.15) is 5.75 Å². The topological polar surface area (TPSA) is 33.1 Å². The van der Waals surface area contributed by atoms with Crippen LogP contribution >= 0.6 is 0 Å². The number of nitrogens with zero attached hydrogens (tertiary/aromatic N) is 1. The van der Waals surface area contributed by atoms with Crippen molar-refractivity contribution in [2.75, 3.05) is 0 Å². The zero-order valence-electron chi connectivity index (χ0n) is 10.9. The molecule has 3 aliphatic rings. The number of rotatable bonds is 0. The first-order valence-electron chi connectivity index (χ1n) is 7.48. The SMILES string of the molecule is Oc1cnc2c(c1)[C@]13CCCC[C@@H]1[C@@H](CCC3)C2. The standard InChI is InChI=1S/C16H21NO/c18-12-9-14-15(17-10-12)8-11-4-3-7-16(14)6-2-1-5-13(11)16/h9-11,13,18H,1-8H2/t11-,13+,16-/m0/s1. The third-order valence-corrected chi connectivity index (χ3v) is 5.81. The Labute approximate surface area is 108 Å². The Bertz CT molecular complexity index is 480. The van der Waals surface area contributed by atoms with Gasteiger partial charge in [0.25, 0.3) is 0 Å². The normalized spacial score (nSPS) is 37.8. The van der Waals surface area contributed by atoms with Crippen molar-refractivity contribution in [2.45, 2.75) is 56.8 Å². The summed E-state index contributed by atoms with van der Waals surface area (Å²) in [5.74, 6) is 2.09. The van der Waals surface area contributed by atoms with Crippen molar-refractivity contribution >= 4 is 0 Å². The number of aromatic nitrogens is 1. The van der Waals surface area contributed by atoms with Crippen LogP contribution in [0.25, 0.3) is 0 Å². The Kier molecular flexibility index (Phi) is 2.24. The highest BCUT2D eigenvalue weighted by Crippen LogP contribution is 2.58. The molecule has 0 aromatic carbocycles. The Morgan fingerprint density at radius 1 is 1.17 bits per heavy atom. The van der Waals surface area contributed by atoms with Crippen LogP contribution in [0, 0.1) is 11.8 Å². The molecule has 2 bridgehead atoms. The number of hydrogen-bond acceptors (Lipinski definition) is 2. The third kappa shape index (κ3) is 1.32. The Hall–Kier alpha value is -1.05. The molecule has 2 heteroatoms. The smallest absolute Gasteiger partial charge is 0.134 e. The summed E-state index contributed by atoms with van der Waals surface area (Å²) in [6.07, 6.45) is 12.4.